The van der Waals surface area contributed by atoms with E-state index in [1.165, 1.54) is 22.2 Å². The normalized spacial score (nSPS) is 17.7. The minimum atomic E-state index is -0.0797. The molecular formula is C20H22N6OS2. The standard InChI is InChI=1S/C20H22N6OS2/c1-9-5-6-13-14(7-9)29-18-15(13)17(27)22-16(23-18)12(4)28-20-24-19-21-10(2)8-11(3)26(19)25-20/h8-9,12H,5-7H2,1-4H3,(H,22,23,27)/t9-,12-/m1/s1. The minimum absolute atomic E-state index is 0.0272. The molecule has 9 heteroatoms. The number of hydrogen-bond acceptors (Lipinski definition) is 7. The predicted octanol–water partition coefficient (Wildman–Crippen LogP) is 4.02. The molecule has 4 aromatic rings. The second-order valence-corrected chi connectivity index (χ2v) is 10.3. The Morgan fingerprint density at radius 3 is 2.97 bits per heavy atom. The molecule has 5 rings (SSSR count). The van der Waals surface area contributed by atoms with Crippen LogP contribution < -0.4 is 5.56 Å². The topological polar surface area (TPSA) is 88.8 Å². The maximum atomic E-state index is 12.9. The van der Waals surface area contributed by atoms with Gasteiger partial charge in [0, 0.05) is 16.3 Å². The van der Waals surface area contributed by atoms with Crippen molar-refractivity contribution in [1.29, 1.82) is 0 Å². The number of nitrogens with zero attached hydrogens (tertiary/aromatic N) is 5. The molecule has 0 fully saturated rings. The predicted molar refractivity (Wildman–Crippen MR) is 116 cm³/mol. The summed E-state index contributed by atoms with van der Waals surface area (Å²) in [6.07, 6.45) is 3.16. The van der Waals surface area contributed by atoms with Crippen LogP contribution >= 0.6 is 23.1 Å². The molecule has 0 amide bonds. The summed E-state index contributed by atoms with van der Waals surface area (Å²) in [4.78, 5) is 31.8. The fourth-order valence-electron chi connectivity index (χ4n) is 3.97. The van der Waals surface area contributed by atoms with Crippen LogP contribution in [0.3, 0.4) is 0 Å². The lowest BCUT2D eigenvalue weighted by molar-refractivity contribution is 0.509. The fraction of sp³-hybridized carbons (Fsp3) is 0.450. The van der Waals surface area contributed by atoms with Gasteiger partial charge in [-0.25, -0.2) is 14.5 Å². The van der Waals surface area contributed by atoms with Crippen molar-refractivity contribution < 1.29 is 0 Å². The van der Waals surface area contributed by atoms with Crippen molar-refractivity contribution in [3.63, 3.8) is 0 Å². The number of thiophene rings is 1. The van der Waals surface area contributed by atoms with Crippen molar-refractivity contribution in [2.24, 2.45) is 5.92 Å². The van der Waals surface area contributed by atoms with Crippen molar-refractivity contribution >= 4 is 39.1 Å². The molecule has 2 atom stereocenters. The van der Waals surface area contributed by atoms with Gasteiger partial charge in [-0.05, 0) is 57.6 Å². The molecule has 4 heterocycles. The third-order valence-electron chi connectivity index (χ3n) is 5.45. The van der Waals surface area contributed by atoms with Gasteiger partial charge in [-0.2, -0.15) is 4.98 Å². The van der Waals surface area contributed by atoms with Gasteiger partial charge < -0.3 is 4.98 Å². The van der Waals surface area contributed by atoms with Gasteiger partial charge in [0.2, 0.25) is 5.16 Å². The first-order chi connectivity index (χ1) is 13.9. The fourth-order valence-corrected chi connectivity index (χ4v) is 6.16. The van der Waals surface area contributed by atoms with Crippen molar-refractivity contribution in [3.8, 4) is 0 Å². The molecule has 1 aliphatic carbocycles. The Morgan fingerprint density at radius 2 is 2.14 bits per heavy atom. The number of thioether (sulfide) groups is 1. The second kappa shape index (κ2) is 6.91. The summed E-state index contributed by atoms with van der Waals surface area (Å²) in [5.74, 6) is 1.93. The van der Waals surface area contributed by atoms with E-state index in [1.54, 1.807) is 15.9 Å². The zero-order valence-corrected chi connectivity index (χ0v) is 18.4. The smallest absolute Gasteiger partial charge is 0.259 e. The molecule has 1 aliphatic rings. The Labute approximate surface area is 176 Å². The van der Waals surface area contributed by atoms with E-state index in [0.717, 1.165) is 40.9 Å². The van der Waals surface area contributed by atoms with Gasteiger partial charge in [0.15, 0.2) is 0 Å². The zero-order valence-electron chi connectivity index (χ0n) is 16.8. The van der Waals surface area contributed by atoms with Gasteiger partial charge in [-0.1, -0.05) is 18.7 Å². The molecule has 0 spiro atoms. The largest absolute Gasteiger partial charge is 0.309 e. The first-order valence-electron chi connectivity index (χ1n) is 9.81. The molecule has 7 nitrogen and oxygen atoms in total. The van der Waals surface area contributed by atoms with Crippen LogP contribution in [0.5, 0.6) is 0 Å². The Kier molecular flexibility index (Phi) is 4.47. The minimum Gasteiger partial charge on any atom is -0.309 e. The van der Waals surface area contributed by atoms with Gasteiger partial charge in [0.05, 0.1) is 10.6 Å². The van der Waals surface area contributed by atoms with Crippen LogP contribution in [0.25, 0.3) is 16.0 Å². The summed E-state index contributed by atoms with van der Waals surface area (Å²) in [5, 5.41) is 5.89. The average molecular weight is 427 g/mol. The maximum Gasteiger partial charge on any atom is 0.259 e. The van der Waals surface area contributed by atoms with Gasteiger partial charge >= 0.3 is 0 Å². The van der Waals surface area contributed by atoms with Gasteiger partial charge in [0.25, 0.3) is 11.3 Å². The molecule has 4 aromatic heterocycles. The van der Waals surface area contributed by atoms with E-state index in [-0.39, 0.29) is 10.8 Å². The molecule has 0 bridgehead atoms. The number of aromatic amines is 1. The Morgan fingerprint density at radius 1 is 1.31 bits per heavy atom. The van der Waals surface area contributed by atoms with Crippen LogP contribution in [0.1, 0.15) is 53.2 Å². The lowest BCUT2D eigenvalue weighted by Gasteiger charge is -2.17. The van der Waals surface area contributed by atoms with E-state index in [2.05, 4.69) is 27.0 Å². The SMILES string of the molecule is Cc1cc(C)n2nc(S[C@H](C)c3nc4sc5c(c4c(=O)[nH]3)CC[C@@H](C)C5)nc2n1. The molecule has 0 unspecified atom stereocenters. The van der Waals surface area contributed by atoms with Gasteiger partial charge in [0.1, 0.15) is 10.7 Å². The quantitative estimate of drug-likeness (QED) is 0.498. The number of hydrogen-bond donors (Lipinski definition) is 1. The summed E-state index contributed by atoms with van der Waals surface area (Å²) in [6, 6.07) is 1.98. The molecular weight excluding hydrogens is 404 g/mol. The summed E-state index contributed by atoms with van der Waals surface area (Å²) in [5.41, 5.74) is 3.09. The van der Waals surface area contributed by atoms with E-state index in [4.69, 9.17) is 4.98 Å². The van der Waals surface area contributed by atoms with Crippen LogP contribution in [0.2, 0.25) is 0 Å². The molecule has 0 saturated carbocycles. The molecule has 29 heavy (non-hydrogen) atoms. The highest BCUT2D eigenvalue weighted by molar-refractivity contribution is 7.99. The Hall–Kier alpha value is -2.26. The Bertz CT molecular complexity index is 1300. The Balaban J connectivity index is 1.49. The monoisotopic (exact) mass is 426 g/mol. The first-order valence-corrected chi connectivity index (χ1v) is 11.5. The first kappa shape index (κ1) is 18.7. The number of aryl methyl sites for hydroxylation is 3. The van der Waals surface area contributed by atoms with E-state index in [9.17, 15) is 4.79 Å². The van der Waals surface area contributed by atoms with Crippen LogP contribution in [-0.2, 0) is 12.8 Å². The van der Waals surface area contributed by atoms with E-state index < -0.39 is 0 Å². The lowest BCUT2D eigenvalue weighted by atomic mass is 9.89. The lowest BCUT2D eigenvalue weighted by Crippen LogP contribution is -2.15. The molecule has 0 saturated heterocycles. The highest BCUT2D eigenvalue weighted by Crippen LogP contribution is 2.37. The highest BCUT2D eigenvalue weighted by atomic mass is 32.2. The number of rotatable bonds is 3. The maximum absolute atomic E-state index is 12.9. The number of nitrogens with one attached hydrogen (secondary N) is 1. The summed E-state index contributed by atoms with van der Waals surface area (Å²) < 4.78 is 1.75. The van der Waals surface area contributed by atoms with Crippen molar-refractivity contribution in [2.75, 3.05) is 0 Å². The van der Waals surface area contributed by atoms with Crippen LogP contribution in [0.4, 0.5) is 0 Å². The van der Waals surface area contributed by atoms with E-state index in [0.29, 0.717) is 22.7 Å². The summed E-state index contributed by atoms with van der Waals surface area (Å²) in [6.45, 7) is 8.22. The second-order valence-electron chi connectivity index (χ2n) is 7.89. The van der Waals surface area contributed by atoms with Crippen molar-refractivity contribution in [3.05, 3.63) is 44.1 Å². The van der Waals surface area contributed by atoms with Gasteiger partial charge in [-0.3, -0.25) is 4.79 Å². The number of aromatic nitrogens is 6. The number of H-pyrrole nitrogens is 1. The molecule has 0 aliphatic heterocycles. The third-order valence-corrected chi connectivity index (χ3v) is 7.56. The van der Waals surface area contributed by atoms with Gasteiger partial charge in [-0.15, -0.1) is 16.4 Å². The van der Waals surface area contributed by atoms with Crippen LogP contribution in [0.15, 0.2) is 16.0 Å². The zero-order chi connectivity index (χ0) is 20.3. The molecule has 0 aromatic carbocycles. The van der Waals surface area contributed by atoms with E-state index in [1.807, 2.05) is 26.8 Å². The van der Waals surface area contributed by atoms with Crippen molar-refractivity contribution in [2.45, 2.75) is 57.4 Å². The molecule has 0 radical (unpaired) electrons. The van der Waals surface area contributed by atoms with Crippen LogP contribution in [-0.4, -0.2) is 29.5 Å². The summed E-state index contributed by atoms with van der Waals surface area (Å²) in [7, 11) is 0. The molecule has 1 N–H and O–H groups in total. The highest BCUT2D eigenvalue weighted by Gasteiger charge is 2.24. The van der Waals surface area contributed by atoms with Crippen molar-refractivity contribution in [1.82, 2.24) is 29.5 Å². The average Bonchev–Trinajstić information content (AvgIpc) is 3.21. The molecule has 150 valence electrons. The van der Waals surface area contributed by atoms with E-state index >= 15 is 0 Å². The third kappa shape index (κ3) is 3.26. The number of fused-ring (bicyclic) bond motifs is 4. The van der Waals surface area contributed by atoms with Crippen LogP contribution in [0, 0.1) is 19.8 Å². The summed E-state index contributed by atoms with van der Waals surface area (Å²) >= 11 is 3.16.